The Hall–Kier alpha value is -3.18. The van der Waals surface area contributed by atoms with Crippen LogP contribution in [0.1, 0.15) is 10.5 Å². The molecular formula is C21H16N2O2S. The molecule has 3 N–H and O–H groups in total. The predicted molar refractivity (Wildman–Crippen MR) is 106 cm³/mol. The summed E-state index contributed by atoms with van der Waals surface area (Å²) in [5.41, 5.74) is 3.50. The summed E-state index contributed by atoms with van der Waals surface area (Å²) in [5.74, 6) is -0.925. The number of carbonyl (C=O) groups is 1. The van der Waals surface area contributed by atoms with Crippen molar-refractivity contribution in [2.24, 2.45) is 0 Å². The van der Waals surface area contributed by atoms with E-state index in [1.807, 2.05) is 36.0 Å². The Labute approximate surface area is 154 Å². The minimum Gasteiger partial charge on any atom is -0.477 e. The number of aromatic nitrogens is 1. The van der Waals surface area contributed by atoms with Gasteiger partial charge in [-0.15, -0.1) is 0 Å². The van der Waals surface area contributed by atoms with E-state index in [-0.39, 0.29) is 5.69 Å². The maximum atomic E-state index is 10.5. The number of carboxylic acid groups (broad SMARTS) is 1. The minimum absolute atomic E-state index is 0.233. The smallest absolute Gasteiger partial charge is 0.352 e. The van der Waals surface area contributed by atoms with E-state index in [1.165, 1.54) is 21.2 Å². The van der Waals surface area contributed by atoms with Gasteiger partial charge in [-0.2, -0.15) is 0 Å². The Morgan fingerprint density at radius 3 is 2.00 bits per heavy atom. The molecule has 2 heterocycles. The molecule has 1 aliphatic heterocycles. The van der Waals surface area contributed by atoms with Crippen LogP contribution in [-0.2, 0) is 0 Å². The maximum Gasteiger partial charge on any atom is 0.352 e. The number of H-pyrrole nitrogens is 1. The normalized spacial score (nSPS) is 11.5. The van der Waals surface area contributed by atoms with E-state index >= 15 is 0 Å². The molecule has 4 nitrogen and oxygen atoms in total. The molecular weight excluding hydrogens is 344 g/mol. The van der Waals surface area contributed by atoms with Crippen LogP contribution in [0.2, 0.25) is 0 Å². The highest BCUT2D eigenvalue weighted by Gasteiger charge is 2.13. The number of nitrogens with one attached hydrogen (secondary N) is 2. The first-order valence-corrected chi connectivity index (χ1v) is 8.96. The summed E-state index contributed by atoms with van der Waals surface area (Å²) in [5, 5.41) is 13.0. The van der Waals surface area contributed by atoms with Crippen molar-refractivity contribution in [3.63, 3.8) is 0 Å². The third kappa shape index (κ3) is 3.30. The minimum atomic E-state index is -0.925. The number of benzene rings is 3. The first-order valence-electron chi connectivity index (χ1n) is 8.15. The number of para-hydroxylation sites is 3. The molecule has 3 aromatic carbocycles. The zero-order valence-electron chi connectivity index (χ0n) is 13.8. The lowest BCUT2D eigenvalue weighted by Gasteiger charge is -2.19. The summed E-state index contributed by atoms with van der Waals surface area (Å²) in [6.45, 7) is 0. The van der Waals surface area contributed by atoms with Gasteiger partial charge in [0.05, 0.1) is 11.4 Å². The van der Waals surface area contributed by atoms with Gasteiger partial charge in [0.25, 0.3) is 0 Å². The summed E-state index contributed by atoms with van der Waals surface area (Å²) >= 11 is 1.82. The number of carboxylic acids is 1. The molecule has 0 saturated carbocycles. The number of anilines is 2. The lowest BCUT2D eigenvalue weighted by molar-refractivity contribution is 0.0691. The number of rotatable bonds is 1. The number of hydrogen-bond acceptors (Lipinski definition) is 3. The molecule has 5 heteroatoms. The van der Waals surface area contributed by atoms with Gasteiger partial charge in [-0.25, -0.2) is 4.79 Å². The zero-order chi connectivity index (χ0) is 17.9. The van der Waals surface area contributed by atoms with Crippen LogP contribution < -0.4 is 5.32 Å². The SMILES string of the molecule is O=C(O)c1cc2ccccc2[nH]1.c1ccc2c(c1)Nc1ccccc1S2. The van der Waals surface area contributed by atoms with E-state index in [9.17, 15) is 4.79 Å². The summed E-state index contributed by atoms with van der Waals surface area (Å²) in [6.07, 6.45) is 0. The highest BCUT2D eigenvalue weighted by molar-refractivity contribution is 7.99. The zero-order valence-corrected chi connectivity index (χ0v) is 14.6. The topological polar surface area (TPSA) is 65.1 Å². The fraction of sp³-hybridized carbons (Fsp3) is 0. The average molecular weight is 360 g/mol. The Balaban J connectivity index is 0.000000131. The molecule has 0 bridgehead atoms. The first kappa shape index (κ1) is 16.3. The molecule has 0 amide bonds. The molecule has 5 rings (SSSR count). The van der Waals surface area contributed by atoms with Crippen molar-refractivity contribution in [2.75, 3.05) is 5.32 Å². The quantitative estimate of drug-likeness (QED) is 0.355. The predicted octanol–water partition coefficient (Wildman–Crippen LogP) is 5.76. The Morgan fingerprint density at radius 2 is 1.38 bits per heavy atom. The first-order chi connectivity index (χ1) is 12.7. The molecule has 26 heavy (non-hydrogen) atoms. The Bertz CT molecular complexity index is 968. The van der Waals surface area contributed by atoms with Gasteiger partial charge in [0.15, 0.2) is 0 Å². The lowest BCUT2D eigenvalue weighted by atomic mass is 10.2. The summed E-state index contributed by atoms with van der Waals surface area (Å²) < 4.78 is 0. The molecule has 0 saturated heterocycles. The van der Waals surface area contributed by atoms with Gasteiger partial charge in [0.1, 0.15) is 5.69 Å². The van der Waals surface area contributed by atoms with Gasteiger partial charge in [-0.3, -0.25) is 0 Å². The third-order valence-corrected chi connectivity index (χ3v) is 5.18. The molecule has 0 spiro atoms. The van der Waals surface area contributed by atoms with Crippen molar-refractivity contribution in [3.8, 4) is 0 Å². The second kappa shape index (κ2) is 6.98. The van der Waals surface area contributed by atoms with Gasteiger partial charge >= 0.3 is 5.97 Å². The molecule has 0 atom stereocenters. The van der Waals surface area contributed by atoms with Crippen molar-refractivity contribution >= 4 is 40.0 Å². The number of hydrogen-bond donors (Lipinski definition) is 3. The summed E-state index contributed by atoms with van der Waals surface area (Å²) in [4.78, 5) is 15.9. The van der Waals surface area contributed by atoms with E-state index in [4.69, 9.17) is 5.11 Å². The highest BCUT2D eigenvalue weighted by Crippen LogP contribution is 2.43. The fourth-order valence-corrected chi connectivity index (χ4v) is 3.76. The average Bonchev–Trinajstić information content (AvgIpc) is 3.11. The van der Waals surface area contributed by atoms with Crippen molar-refractivity contribution in [1.82, 2.24) is 4.98 Å². The summed E-state index contributed by atoms with van der Waals surface area (Å²) in [6, 6.07) is 25.8. The van der Waals surface area contributed by atoms with Crippen molar-refractivity contribution < 1.29 is 9.90 Å². The number of aromatic amines is 1. The number of fused-ring (bicyclic) bond motifs is 3. The number of aromatic carboxylic acids is 1. The van der Waals surface area contributed by atoms with Crippen molar-refractivity contribution in [3.05, 3.63) is 84.6 Å². The molecule has 0 aliphatic carbocycles. The van der Waals surface area contributed by atoms with E-state index in [0.29, 0.717) is 0 Å². The molecule has 0 fully saturated rings. The second-order valence-corrected chi connectivity index (χ2v) is 6.88. The van der Waals surface area contributed by atoms with Crippen LogP contribution in [0.4, 0.5) is 11.4 Å². The van der Waals surface area contributed by atoms with Gasteiger partial charge in [0, 0.05) is 20.7 Å². The molecule has 1 aliphatic rings. The molecule has 0 unspecified atom stereocenters. The molecule has 1 aromatic heterocycles. The van der Waals surface area contributed by atoms with Crippen LogP contribution in [0.3, 0.4) is 0 Å². The van der Waals surface area contributed by atoms with Crippen LogP contribution >= 0.6 is 11.8 Å². The van der Waals surface area contributed by atoms with Gasteiger partial charge in [-0.1, -0.05) is 54.2 Å². The standard InChI is InChI=1S/C12H9NS.C9H7NO2/c1-3-7-11-9(5-1)13-10-6-2-4-8-12(10)14-11;11-9(12)8-5-6-3-1-2-4-7(6)10-8/h1-8,13H;1-5,10H,(H,11,12). The Kier molecular flexibility index (Phi) is 4.37. The van der Waals surface area contributed by atoms with E-state index in [0.717, 1.165) is 10.9 Å². The van der Waals surface area contributed by atoms with Gasteiger partial charge in [0.2, 0.25) is 0 Å². The van der Waals surface area contributed by atoms with Crippen LogP contribution in [0.25, 0.3) is 10.9 Å². The molecule has 128 valence electrons. The summed E-state index contributed by atoms with van der Waals surface area (Å²) in [7, 11) is 0. The van der Waals surface area contributed by atoms with Crippen LogP contribution in [0, 0.1) is 0 Å². The van der Waals surface area contributed by atoms with E-state index < -0.39 is 5.97 Å². The van der Waals surface area contributed by atoms with E-state index in [2.05, 4.69) is 58.8 Å². The maximum absolute atomic E-state index is 10.5. The highest BCUT2D eigenvalue weighted by atomic mass is 32.2. The fourth-order valence-electron chi connectivity index (χ4n) is 2.77. The second-order valence-electron chi connectivity index (χ2n) is 5.79. The van der Waals surface area contributed by atoms with Gasteiger partial charge < -0.3 is 15.4 Å². The van der Waals surface area contributed by atoms with E-state index in [1.54, 1.807) is 6.07 Å². The van der Waals surface area contributed by atoms with Gasteiger partial charge in [-0.05, 0) is 36.4 Å². The molecule has 0 radical (unpaired) electrons. The van der Waals surface area contributed by atoms with Crippen molar-refractivity contribution in [2.45, 2.75) is 9.79 Å². The molecule has 4 aromatic rings. The van der Waals surface area contributed by atoms with Crippen LogP contribution in [-0.4, -0.2) is 16.1 Å². The largest absolute Gasteiger partial charge is 0.477 e. The third-order valence-electron chi connectivity index (χ3n) is 4.02. The monoisotopic (exact) mass is 360 g/mol. The van der Waals surface area contributed by atoms with Crippen molar-refractivity contribution in [1.29, 1.82) is 0 Å². The van der Waals surface area contributed by atoms with Crippen LogP contribution in [0.15, 0.2) is 88.7 Å². The lowest BCUT2D eigenvalue weighted by Crippen LogP contribution is -1.98. The Morgan fingerprint density at radius 1 is 0.808 bits per heavy atom. The van der Waals surface area contributed by atoms with Crippen LogP contribution in [0.5, 0.6) is 0 Å².